The summed E-state index contributed by atoms with van der Waals surface area (Å²) in [5.41, 5.74) is 4.76. The van der Waals surface area contributed by atoms with Crippen molar-refractivity contribution in [2.45, 2.75) is 6.92 Å². The minimum Gasteiger partial charge on any atom is -0.477 e. The Hall–Kier alpha value is -1.23. The van der Waals surface area contributed by atoms with E-state index in [1.807, 2.05) is 0 Å². The molecule has 0 aliphatic rings. The summed E-state index contributed by atoms with van der Waals surface area (Å²) in [7, 11) is 0. The first-order valence-electron chi connectivity index (χ1n) is 3.33. The second-order valence-corrected chi connectivity index (χ2v) is 2.38. The quantitative estimate of drug-likeness (QED) is 0.706. The molecule has 0 saturated heterocycles. The Bertz CT molecular complexity index is 336. The first-order valence-corrected chi connectivity index (χ1v) is 3.71. The maximum Gasteiger partial charge on any atom is 0.275 e. The Morgan fingerprint density at radius 1 is 1.75 bits per heavy atom. The van der Waals surface area contributed by atoms with E-state index in [1.54, 1.807) is 6.92 Å². The van der Waals surface area contributed by atoms with E-state index in [4.69, 9.17) is 22.1 Å². The van der Waals surface area contributed by atoms with Crippen LogP contribution in [0.25, 0.3) is 0 Å². The zero-order chi connectivity index (χ0) is 9.14. The smallest absolute Gasteiger partial charge is 0.275 e. The number of hydrogen-bond acceptors (Lipinski definition) is 4. The van der Waals surface area contributed by atoms with E-state index in [1.165, 1.54) is 0 Å². The largest absolute Gasteiger partial charge is 0.477 e. The summed E-state index contributed by atoms with van der Waals surface area (Å²) in [6.07, 6.45) is 0. The number of rotatable bonds is 2. The first-order chi connectivity index (χ1) is 5.65. The molecule has 0 unspecified atom stereocenters. The van der Waals surface area contributed by atoms with Gasteiger partial charge in [0.25, 0.3) is 5.56 Å². The number of hydrogen-bond donors (Lipinski definition) is 2. The van der Waals surface area contributed by atoms with Gasteiger partial charge in [-0.05, 0) is 6.92 Å². The predicted octanol–water partition coefficient (Wildman–Crippen LogP) is 0.404. The topological polar surface area (TPSA) is 81.0 Å². The minimum atomic E-state index is -0.493. The third-order valence-electron chi connectivity index (χ3n) is 1.13. The predicted molar refractivity (Wildman–Crippen MR) is 45.4 cm³/mol. The number of nitrogens with one attached hydrogen (secondary N) is 1. The lowest BCUT2D eigenvalue weighted by molar-refractivity contribution is 0.326. The molecule has 0 amide bonds. The molecule has 3 N–H and O–H groups in total. The van der Waals surface area contributed by atoms with E-state index >= 15 is 0 Å². The molecule has 0 aliphatic carbocycles. The monoisotopic (exact) mass is 189 g/mol. The summed E-state index contributed by atoms with van der Waals surface area (Å²) in [6, 6.07) is 0. The molecule has 0 aliphatic heterocycles. The molecule has 66 valence electrons. The molecule has 0 fully saturated rings. The van der Waals surface area contributed by atoms with Crippen LogP contribution in [0.1, 0.15) is 6.92 Å². The molecule has 0 aromatic carbocycles. The van der Waals surface area contributed by atoms with Crippen molar-refractivity contribution < 1.29 is 4.74 Å². The Morgan fingerprint density at radius 3 is 3.00 bits per heavy atom. The van der Waals surface area contributed by atoms with Crippen molar-refractivity contribution in [1.82, 2.24) is 9.97 Å². The van der Waals surface area contributed by atoms with Crippen LogP contribution >= 0.6 is 11.6 Å². The highest BCUT2D eigenvalue weighted by molar-refractivity contribution is 6.31. The summed E-state index contributed by atoms with van der Waals surface area (Å²) in [6.45, 7) is 2.14. The van der Waals surface area contributed by atoms with Crippen LogP contribution in [0.2, 0.25) is 5.02 Å². The van der Waals surface area contributed by atoms with Crippen LogP contribution in [0.3, 0.4) is 0 Å². The van der Waals surface area contributed by atoms with Crippen LogP contribution in [0.15, 0.2) is 4.79 Å². The number of anilines is 1. The molecule has 0 saturated carbocycles. The third-order valence-corrected chi connectivity index (χ3v) is 1.47. The van der Waals surface area contributed by atoms with Crippen molar-refractivity contribution in [3.05, 3.63) is 15.4 Å². The lowest BCUT2D eigenvalue weighted by Crippen LogP contribution is -2.13. The highest BCUT2D eigenvalue weighted by atomic mass is 35.5. The second kappa shape index (κ2) is 3.44. The zero-order valence-corrected chi connectivity index (χ0v) is 7.18. The van der Waals surface area contributed by atoms with Crippen LogP contribution in [0.5, 0.6) is 5.88 Å². The number of ether oxygens (including phenoxy) is 1. The SMILES string of the molecule is CCOc1nc(N)[nH]c(=O)c1Cl. The van der Waals surface area contributed by atoms with Crippen molar-refractivity contribution in [2.75, 3.05) is 12.3 Å². The van der Waals surface area contributed by atoms with Crippen LogP contribution in [0, 0.1) is 0 Å². The molecule has 0 bridgehead atoms. The van der Waals surface area contributed by atoms with Crippen molar-refractivity contribution in [3.63, 3.8) is 0 Å². The zero-order valence-electron chi connectivity index (χ0n) is 6.43. The van der Waals surface area contributed by atoms with Crippen LogP contribution in [-0.2, 0) is 0 Å². The molecule has 0 atom stereocenters. The standard InChI is InChI=1S/C6H8ClN3O2/c1-2-12-5-3(7)4(11)9-6(8)10-5/h2H2,1H3,(H3,8,9,10,11). The van der Waals surface area contributed by atoms with Crippen molar-refractivity contribution >= 4 is 17.5 Å². The summed E-state index contributed by atoms with van der Waals surface area (Å²) in [5, 5.41) is -0.0777. The molecule has 0 spiro atoms. The van der Waals surface area contributed by atoms with Crippen LogP contribution in [-0.4, -0.2) is 16.6 Å². The number of nitrogen functional groups attached to an aromatic ring is 1. The number of halogens is 1. The average molecular weight is 190 g/mol. The van der Waals surface area contributed by atoms with E-state index in [-0.39, 0.29) is 16.9 Å². The van der Waals surface area contributed by atoms with Crippen molar-refractivity contribution in [3.8, 4) is 5.88 Å². The third kappa shape index (κ3) is 1.68. The van der Waals surface area contributed by atoms with E-state index in [2.05, 4.69) is 9.97 Å². The van der Waals surface area contributed by atoms with Gasteiger partial charge in [-0.15, -0.1) is 0 Å². The number of aromatic nitrogens is 2. The van der Waals surface area contributed by atoms with Gasteiger partial charge < -0.3 is 10.5 Å². The Morgan fingerprint density at radius 2 is 2.42 bits per heavy atom. The van der Waals surface area contributed by atoms with Gasteiger partial charge in [-0.2, -0.15) is 4.98 Å². The highest BCUT2D eigenvalue weighted by Gasteiger charge is 2.07. The fourth-order valence-electron chi connectivity index (χ4n) is 0.687. The first kappa shape index (κ1) is 8.86. The lowest BCUT2D eigenvalue weighted by atomic mass is 10.6. The van der Waals surface area contributed by atoms with Gasteiger partial charge in [0.2, 0.25) is 11.8 Å². The molecule has 1 heterocycles. The normalized spacial score (nSPS) is 9.83. The number of aromatic amines is 1. The number of H-pyrrole nitrogens is 1. The fourth-order valence-corrected chi connectivity index (χ4v) is 0.831. The molecule has 0 radical (unpaired) electrons. The van der Waals surface area contributed by atoms with Gasteiger partial charge in [-0.3, -0.25) is 9.78 Å². The lowest BCUT2D eigenvalue weighted by Gasteiger charge is -2.02. The molecule has 12 heavy (non-hydrogen) atoms. The van der Waals surface area contributed by atoms with Gasteiger partial charge in [-0.25, -0.2) is 0 Å². The van der Waals surface area contributed by atoms with E-state index in [0.29, 0.717) is 6.61 Å². The van der Waals surface area contributed by atoms with Crippen LogP contribution < -0.4 is 16.0 Å². The summed E-state index contributed by atoms with van der Waals surface area (Å²) < 4.78 is 4.96. The van der Waals surface area contributed by atoms with Gasteiger partial charge in [-0.1, -0.05) is 11.6 Å². The van der Waals surface area contributed by atoms with Gasteiger partial charge in [0, 0.05) is 0 Å². The van der Waals surface area contributed by atoms with Gasteiger partial charge in [0.05, 0.1) is 6.61 Å². The van der Waals surface area contributed by atoms with Crippen LogP contribution in [0.4, 0.5) is 5.95 Å². The average Bonchev–Trinajstić information content (AvgIpc) is 2.00. The summed E-state index contributed by atoms with van der Waals surface area (Å²) >= 11 is 5.56. The highest BCUT2D eigenvalue weighted by Crippen LogP contribution is 2.16. The van der Waals surface area contributed by atoms with E-state index in [9.17, 15) is 4.79 Å². The number of nitrogens with two attached hydrogens (primary N) is 1. The van der Waals surface area contributed by atoms with Gasteiger partial charge in [0.1, 0.15) is 0 Å². The Labute approximate surface area is 73.5 Å². The van der Waals surface area contributed by atoms with Crippen molar-refractivity contribution in [1.29, 1.82) is 0 Å². The van der Waals surface area contributed by atoms with E-state index in [0.717, 1.165) is 0 Å². The molecular formula is C6H8ClN3O2. The fraction of sp³-hybridized carbons (Fsp3) is 0.333. The summed E-state index contributed by atoms with van der Waals surface area (Å²) in [5.74, 6) is 0.0632. The molecule has 1 rings (SSSR count). The Kier molecular flexibility index (Phi) is 2.54. The van der Waals surface area contributed by atoms with Crippen molar-refractivity contribution in [2.24, 2.45) is 0 Å². The van der Waals surface area contributed by atoms with E-state index < -0.39 is 5.56 Å². The maximum absolute atomic E-state index is 10.9. The Balaban J connectivity index is 3.18. The number of nitrogens with zero attached hydrogens (tertiary/aromatic N) is 1. The van der Waals surface area contributed by atoms with Gasteiger partial charge >= 0.3 is 0 Å². The molecule has 1 aromatic heterocycles. The molecule has 5 nitrogen and oxygen atoms in total. The minimum absolute atomic E-state index is 0.00662. The van der Waals surface area contributed by atoms with Gasteiger partial charge in [0.15, 0.2) is 5.02 Å². The molecule has 6 heteroatoms. The molecule has 1 aromatic rings. The summed E-state index contributed by atoms with van der Waals surface area (Å²) in [4.78, 5) is 16.9. The second-order valence-electron chi connectivity index (χ2n) is 2.00. The molecular weight excluding hydrogens is 182 g/mol. The maximum atomic E-state index is 10.9.